The molecule has 8 heteroatoms. The largest absolute Gasteiger partial charge is 0.492 e. The van der Waals surface area contributed by atoms with E-state index in [1.54, 1.807) is 16.9 Å². The summed E-state index contributed by atoms with van der Waals surface area (Å²) >= 11 is 0. The molecule has 0 amide bonds. The van der Waals surface area contributed by atoms with Crippen molar-refractivity contribution < 1.29 is 9.13 Å². The van der Waals surface area contributed by atoms with Crippen molar-refractivity contribution in [2.45, 2.75) is 25.8 Å². The molecule has 0 atom stereocenters. The zero-order valence-electron chi connectivity index (χ0n) is 20.6. The lowest BCUT2D eigenvalue weighted by molar-refractivity contribution is 0.238. The second-order valence-corrected chi connectivity index (χ2v) is 9.48. The average Bonchev–Trinajstić information content (AvgIpc) is 3.66. The Labute approximate surface area is 215 Å². The van der Waals surface area contributed by atoms with Gasteiger partial charge in [-0.1, -0.05) is 30.3 Å². The Bertz CT molecular complexity index is 1490. The summed E-state index contributed by atoms with van der Waals surface area (Å²) in [6.45, 7) is 4.57. The molecule has 5 aromatic rings. The number of fused-ring (bicyclic) bond motifs is 1. The van der Waals surface area contributed by atoms with Crippen LogP contribution in [-0.4, -0.2) is 55.5 Å². The Balaban J connectivity index is 1.13. The predicted octanol–water partition coefficient (Wildman–Crippen LogP) is 4.85. The number of halogens is 1. The molecule has 0 N–H and O–H groups in total. The van der Waals surface area contributed by atoms with Crippen LogP contribution in [0.25, 0.3) is 16.9 Å². The number of pyridine rings is 1. The number of benzene rings is 2. The highest BCUT2D eigenvalue weighted by molar-refractivity contribution is 5.61. The highest BCUT2D eigenvalue weighted by Crippen LogP contribution is 2.21. The fraction of sp³-hybridized carbons (Fsp3) is 0.276. The normalized spacial score (nSPS) is 14.0. The molecular formula is C29H29FN6O. The molecule has 0 aliphatic carbocycles. The highest BCUT2D eigenvalue weighted by atomic mass is 19.1. The van der Waals surface area contributed by atoms with E-state index in [1.807, 2.05) is 47.1 Å². The molecule has 6 rings (SSSR count). The van der Waals surface area contributed by atoms with Crippen molar-refractivity contribution in [3.63, 3.8) is 0 Å². The number of hydrogen-bond donors (Lipinski definition) is 0. The number of likely N-dealkylation sites (tertiary alicyclic amines) is 1. The fourth-order valence-electron chi connectivity index (χ4n) is 4.83. The van der Waals surface area contributed by atoms with Crippen LogP contribution in [0.1, 0.15) is 29.8 Å². The topological polar surface area (TPSA) is 60.5 Å². The number of aromatic nitrogens is 5. The molecule has 7 nitrogen and oxygen atoms in total. The lowest BCUT2D eigenvalue weighted by atomic mass is 10.1. The summed E-state index contributed by atoms with van der Waals surface area (Å²) in [5, 5.41) is 9.26. The lowest BCUT2D eigenvalue weighted by Gasteiger charge is -2.14. The van der Waals surface area contributed by atoms with E-state index in [4.69, 9.17) is 14.8 Å². The third kappa shape index (κ3) is 5.54. The molecule has 2 aromatic carbocycles. The maximum Gasteiger partial charge on any atom is 0.156 e. The van der Waals surface area contributed by atoms with Crippen molar-refractivity contribution in [2.75, 3.05) is 26.2 Å². The van der Waals surface area contributed by atoms with Gasteiger partial charge in [0.15, 0.2) is 11.5 Å². The van der Waals surface area contributed by atoms with Crippen LogP contribution in [0.3, 0.4) is 0 Å². The van der Waals surface area contributed by atoms with Crippen LogP contribution in [0.5, 0.6) is 5.75 Å². The van der Waals surface area contributed by atoms with Gasteiger partial charge in [0.05, 0.1) is 18.4 Å². The van der Waals surface area contributed by atoms with Crippen LogP contribution in [0.4, 0.5) is 4.39 Å². The summed E-state index contributed by atoms with van der Waals surface area (Å²) in [5.74, 6) is 1.40. The van der Waals surface area contributed by atoms with Gasteiger partial charge in [-0.2, -0.15) is 10.2 Å². The first-order valence-electron chi connectivity index (χ1n) is 12.8. The van der Waals surface area contributed by atoms with E-state index in [0.717, 1.165) is 52.8 Å². The van der Waals surface area contributed by atoms with E-state index in [2.05, 4.69) is 22.1 Å². The maximum atomic E-state index is 13.5. The van der Waals surface area contributed by atoms with Gasteiger partial charge < -0.3 is 4.74 Å². The summed E-state index contributed by atoms with van der Waals surface area (Å²) in [7, 11) is 0. The highest BCUT2D eigenvalue weighted by Gasteiger charge is 2.13. The van der Waals surface area contributed by atoms with Crippen LogP contribution in [0, 0.1) is 5.82 Å². The van der Waals surface area contributed by atoms with Gasteiger partial charge in [0, 0.05) is 24.7 Å². The Morgan fingerprint density at radius 1 is 0.919 bits per heavy atom. The molecule has 1 fully saturated rings. The molecule has 0 spiro atoms. The quantitative estimate of drug-likeness (QED) is 0.292. The summed E-state index contributed by atoms with van der Waals surface area (Å²) in [5.41, 5.74) is 4.61. The van der Waals surface area contributed by atoms with E-state index < -0.39 is 0 Å². The molecule has 4 heterocycles. The third-order valence-corrected chi connectivity index (χ3v) is 6.73. The molecule has 3 aromatic heterocycles. The standard InChI is InChI=1S/C29H29FN6O/c30-25-6-3-5-23(17-25)20-35-21-24(19-31-35)27-7-4-8-29-32-28(33-36(27)29)18-22-9-11-26(12-10-22)37-16-15-34-13-1-2-14-34/h3-12,17,19,21H,1-2,13-16,18,20H2. The molecule has 1 aliphatic rings. The minimum absolute atomic E-state index is 0.246. The minimum atomic E-state index is -0.246. The van der Waals surface area contributed by atoms with Gasteiger partial charge in [-0.15, -0.1) is 0 Å². The van der Waals surface area contributed by atoms with Gasteiger partial charge in [0.25, 0.3) is 0 Å². The van der Waals surface area contributed by atoms with Crippen LogP contribution in [0.2, 0.25) is 0 Å². The van der Waals surface area contributed by atoms with E-state index in [0.29, 0.717) is 13.0 Å². The van der Waals surface area contributed by atoms with Crippen LogP contribution in [0.15, 0.2) is 79.1 Å². The lowest BCUT2D eigenvalue weighted by Crippen LogP contribution is -2.25. The van der Waals surface area contributed by atoms with Gasteiger partial charge in [0.1, 0.15) is 18.2 Å². The maximum absolute atomic E-state index is 13.5. The Morgan fingerprint density at radius 2 is 1.76 bits per heavy atom. The average molecular weight is 497 g/mol. The predicted molar refractivity (Wildman–Crippen MR) is 140 cm³/mol. The molecule has 0 saturated carbocycles. The first-order chi connectivity index (χ1) is 18.2. The number of ether oxygens (including phenoxy) is 1. The minimum Gasteiger partial charge on any atom is -0.492 e. The Kier molecular flexibility index (Phi) is 6.64. The Morgan fingerprint density at radius 3 is 2.59 bits per heavy atom. The van der Waals surface area contributed by atoms with Crippen molar-refractivity contribution >= 4 is 5.65 Å². The molecule has 188 valence electrons. The van der Waals surface area contributed by atoms with Crippen LogP contribution < -0.4 is 4.74 Å². The molecule has 0 bridgehead atoms. The summed E-state index contributed by atoms with van der Waals surface area (Å²) in [6, 6.07) is 20.7. The first kappa shape index (κ1) is 23.4. The fourth-order valence-corrected chi connectivity index (χ4v) is 4.83. The zero-order valence-corrected chi connectivity index (χ0v) is 20.6. The van der Waals surface area contributed by atoms with E-state index in [9.17, 15) is 4.39 Å². The van der Waals surface area contributed by atoms with Gasteiger partial charge in [-0.05, 0) is 73.5 Å². The number of nitrogens with zero attached hydrogens (tertiary/aromatic N) is 6. The first-order valence-corrected chi connectivity index (χ1v) is 12.8. The van der Waals surface area contributed by atoms with Crippen LogP contribution in [-0.2, 0) is 13.0 Å². The van der Waals surface area contributed by atoms with Gasteiger partial charge in [-0.3, -0.25) is 9.58 Å². The number of hydrogen-bond acceptors (Lipinski definition) is 5. The Hall–Kier alpha value is -4.04. The van der Waals surface area contributed by atoms with E-state index in [1.165, 1.54) is 38.1 Å². The second kappa shape index (κ2) is 10.5. The third-order valence-electron chi connectivity index (χ3n) is 6.73. The monoisotopic (exact) mass is 496 g/mol. The van der Waals surface area contributed by atoms with Crippen molar-refractivity contribution in [1.82, 2.24) is 29.3 Å². The molecular weight excluding hydrogens is 467 g/mol. The molecule has 0 radical (unpaired) electrons. The summed E-state index contributed by atoms with van der Waals surface area (Å²) in [4.78, 5) is 7.19. The second-order valence-electron chi connectivity index (χ2n) is 9.48. The molecule has 37 heavy (non-hydrogen) atoms. The smallest absolute Gasteiger partial charge is 0.156 e. The molecule has 0 unspecified atom stereocenters. The SMILES string of the molecule is Fc1cccc(Cn2cc(-c3cccc4nc(Cc5ccc(OCCN6CCCC6)cc5)nn34)cn2)c1. The van der Waals surface area contributed by atoms with Crippen molar-refractivity contribution in [1.29, 1.82) is 0 Å². The molecule has 1 saturated heterocycles. The van der Waals surface area contributed by atoms with Crippen molar-refractivity contribution in [2.24, 2.45) is 0 Å². The van der Waals surface area contributed by atoms with Gasteiger partial charge in [-0.25, -0.2) is 13.9 Å². The van der Waals surface area contributed by atoms with Crippen LogP contribution >= 0.6 is 0 Å². The van der Waals surface area contributed by atoms with Gasteiger partial charge >= 0.3 is 0 Å². The van der Waals surface area contributed by atoms with E-state index in [-0.39, 0.29) is 5.82 Å². The summed E-state index contributed by atoms with van der Waals surface area (Å²) < 4.78 is 23.1. The number of rotatable bonds is 9. The van der Waals surface area contributed by atoms with Crippen molar-refractivity contribution in [3.8, 4) is 17.0 Å². The summed E-state index contributed by atoms with van der Waals surface area (Å²) in [6.07, 6.45) is 6.98. The zero-order chi connectivity index (χ0) is 25.0. The van der Waals surface area contributed by atoms with E-state index >= 15 is 0 Å². The van der Waals surface area contributed by atoms with Gasteiger partial charge in [0.2, 0.25) is 0 Å². The molecule has 1 aliphatic heterocycles. The van der Waals surface area contributed by atoms with Crippen molar-refractivity contribution in [3.05, 3.63) is 102 Å².